The summed E-state index contributed by atoms with van der Waals surface area (Å²) in [4.78, 5) is 0. The van der Waals surface area contributed by atoms with Gasteiger partial charge in [-0.3, -0.25) is 0 Å². The van der Waals surface area contributed by atoms with Gasteiger partial charge in [0.15, 0.2) is 0 Å². The fourth-order valence-electron chi connectivity index (χ4n) is 3.49. The third-order valence-corrected chi connectivity index (χ3v) is 4.96. The van der Waals surface area contributed by atoms with E-state index in [9.17, 15) is 10.2 Å². The lowest BCUT2D eigenvalue weighted by molar-refractivity contribution is -0.113. The van der Waals surface area contributed by atoms with Crippen molar-refractivity contribution >= 4 is 0 Å². The Morgan fingerprint density at radius 1 is 1.12 bits per heavy atom. The van der Waals surface area contributed by atoms with Gasteiger partial charge < -0.3 is 19.7 Å². The van der Waals surface area contributed by atoms with Gasteiger partial charge in [0.2, 0.25) is 0 Å². The zero-order valence-electron chi connectivity index (χ0n) is 15.5. The zero-order valence-corrected chi connectivity index (χ0v) is 15.5. The van der Waals surface area contributed by atoms with Crippen molar-refractivity contribution in [2.75, 3.05) is 13.2 Å². The minimum Gasteiger partial charge on any atom is -0.494 e. The second-order valence-corrected chi connectivity index (χ2v) is 6.99. The predicted molar refractivity (Wildman–Crippen MR) is 102 cm³/mol. The average molecular weight is 356 g/mol. The Morgan fingerprint density at radius 3 is 2.58 bits per heavy atom. The quantitative estimate of drug-likeness (QED) is 0.831. The van der Waals surface area contributed by atoms with Crippen LogP contribution < -0.4 is 4.74 Å². The van der Waals surface area contributed by atoms with Gasteiger partial charge in [-0.25, -0.2) is 0 Å². The van der Waals surface area contributed by atoms with Crippen LogP contribution in [0.2, 0.25) is 0 Å². The number of aliphatic hydroxyl groups is 2. The topological polar surface area (TPSA) is 58.9 Å². The molecule has 1 saturated heterocycles. The molecule has 140 valence electrons. The molecule has 1 fully saturated rings. The smallest absolute Gasteiger partial charge is 0.119 e. The van der Waals surface area contributed by atoms with E-state index in [4.69, 9.17) is 9.47 Å². The molecule has 0 spiro atoms. The SMILES string of the molecule is CCOc1ccc(Cc2cc([C@H]3CC(O)C[C@@H](CO)O3)ccc2C)cc1. The van der Waals surface area contributed by atoms with Crippen LogP contribution in [0.3, 0.4) is 0 Å². The molecule has 3 atom stereocenters. The summed E-state index contributed by atoms with van der Waals surface area (Å²) < 4.78 is 11.5. The summed E-state index contributed by atoms with van der Waals surface area (Å²) in [5.74, 6) is 0.890. The molecule has 3 rings (SSSR count). The molecule has 0 bridgehead atoms. The molecule has 0 radical (unpaired) electrons. The zero-order chi connectivity index (χ0) is 18.5. The third kappa shape index (κ3) is 4.64. The van der Waals surface area contributed by atoms with Crippen molar-refractivity contribution in [3.63, 3.8) is 0 Å². The molecular weight excluding hydrogens is 328 g/mol. The van der Waals surface area contributed by atoms with E-state index in [-0.39, 0.29) is 18.8 Å². The number of benzene rings is 2. The molecule has 2 aromatic carbocycles. The number of rotatable bonds is 6. The Morgan fingerprint density at radius 2 is 1.88 bits per heavy atom. The van der Waals surface area contributed by atoms with E-state index in [0.717, 1.165) is 17.7 Å². The highest BCUT2D eigenvalue weighted by Gasteiger charge is 2.29. The van der Waals surface area contributed by atoms with Crippen LogP contribution in [0.15, 0.2) is 42.5 Å². The molecule has 0 amide bonds. The maximum atomic E-state index is 10.1. The summed E-state index contributed by atoms with van der Waals surface area (Å²) in [6, 6.07) is 14.5. The molecule has 0 saturated carbocycles. The normalized spacial score (nSPS) is 23.0. The van der Waals surface area contributed by atoms with Crippen LogP contribution in [0.4, 0.5) is 0 Å². The van der Waals surface area contributed by atoms with Crippen molar-refractivity contribution in [2.24, 2.45) is 0 Å². The van der Waals surface area contributed by atoms with Gasteiger partial charge >= 0.3 is 0 Å². The van der Waals surface area contributed by atoms with Gasteiger partial charge in [0.1, 0.15) is 5.75 Å². The largest absolute Gasteiger partial charge is 0.494 e. The number of hydrogen-bond donors (Lipinski definition) is 2. The van der Waals surface area contributed by atoms with Crippen LogP contribution in [0, 0.1) is 6.92 Å². The van der Waals surface area contributed by atoms with Gasteiger partial charge in [0.05, 0.1) is 31.5 Å². The third-order valence-electron chi connectivity index (χ3n) is 4.96. The van der Waals surface area contributed by atoms with E-state index in [1.165, 1.54) is 16.7 Å². The molecule has 1 unspecified atom stereocenters. The summed E-state index contributed by atoms with van der Waals surface area (Å²) in [5.41, 5.74) is 4.77. The number of hydrogen-bond acceptors (Lipinski definition) is 4. The molecule has 1 heterocycles. The van der Waals surface area contributed by atoms with Crippen molar-refractivity contribution in [3.8, 4) is 5.75 Å². The monoisotopic (exact) mass is 356 g/mol. The minimum atomic E-state index is -0.429. The maximum absolute atomic E-state index is 10.1. The van der Waals surface area contributed by atoms with Crippen LogP contribution >= 0.6 is 0 Å². The summed E-state index contributed by atoms with van der Waals surface area (Å²) >= 11 is 0. The van der Waals surface area contributed by atoms with Gasteiger partial charge in [0, 0.05) is 12.8 Å². The van der Waals surface area contributed by atoms with Crippen molar-refractivity contribution in [2.45, 2.75) is 51.4 Å². The van der Waals surface area contributed by atoms with Crippen LogP contribution in [0.1, 0.15) is 48.1 Å². The standard InChI is InChI=1S/C22H28O4/c1-3-25-20-8-5-16(6-9-20)10-18-11-17(7-4-15(18)2)22-13-19(24)12-21(14-23)26-22/h4-9,11,19,21-24H,3,10,12-14H2,1-2H3/t19?,21-,22+/m0/s1. The molecule has 0 aromatic heterocycles. The molecule has 1 aliphatic rings. The second kappa shape index (κ2) is 8.67. The highest BCUT2D eigenvalue weighted by Crippen LogP contribution is 2.32. The summed E-state index contributed by atoms with van der Waals surface area (Å²) in [6.07, 6.45) is 1.02. The van der Waals surface area contributed by atoms with E-state index in [0.29, 0.717) is 19.4 Å². The molecule has 4 heteroatoms. The van der Waals surface area contributed by atoms with E-state index in [2.05, 4.69) is 37.3 Å². The number of ether oxygens (including phenoxy) is 2. The molecule has 1 aliphatic heterocycles. The molecule has 0 aliphatic carbocycles. The van der Waals surface area contributed by atoms with E-state index in [1.807, 2.05) is 19.1 Å². The lowest BCUT2D eigenvalue weighted by atomic mass is 9.92. The molecule has 4 nitrogen and oxygen atoms in total. The summed E-state index contributed by atoms with van der Waals surface area (Å²) in [5, 5.41) is 19.4. The van der Waals surface area contributed by atoms with Crippen LogP contribution in [-0.2, 0) is 11.2 Å². The van der Waals surface area contributed by atoms with E-state index >= 15 is 0 Å². The van der Waals surface area contributed by atoms with Crippen LogP contribution in [-0.4, -0.2) is 35.6 Å². The van der Waals surface area contributed by atoms with Crippen molar-refractivity contribution < 1.29 is 19.7 Å². The molecule has 26 heavy (non-hydrogen) atoms. The van der Waals surface area contributed by atoms with Crippen LogP contribution in [0.25, 0.3) is 0 Å². The second-order valence-electron chi connectivity index (χ2n) is 6.99. The Bertz CT molecular complexity index is 711. The first-order valence-electron chi connectivity index (χ1n) is 9.34. The number of aryl methyl sites for hydroxylation is 1. The van der Waals surface area contributed by atoms with Crippen molar-refractivity contribution in [1.82, 2.24) is 0 Å². The number of aliphatic hydroxyl groups excluding tert-OH is 2. The van der Waals surface area contributed by atoms with Gasteiger partial charge in [0.25, 0.3) is 0 Å². The summed E-state index contributed by atoms with van der Waals surface area (Å²) in [7, 11) is 0. The molecule has 2 aromatic rings. The van der Waals surface area contributed by atoms with Crippen molar-refractivity contribution in [3.05, 3.63) is 64.7 Å². The lowest BCUT2D eigenvalue weighted by Gasteiger charge is -2.32. The van der Waals surface area contributed by atoms with E-state index in [1.54, 1.807) is 0 Å². The fourth-order valence-corrected chi connectivity index (χ4v) is 3.49. The Hall–Kier alpha value is -1.88. The van der Waals surface area contributed by atoms with Gasteiger partial charge in [-0.15, -0.1) is 0 Å². The molecular formula is C22H28O4. The van der Waals surface area contributed by atoms with E-state index < -0.39 is 6.10 Å². The Kier molecular flexibility index (Phi) is 6.30. The Labute approximate surface area is 155 Å². The first kappa shape index (κ1) is 18.9. The lowest BCUT2D eigenvalue weighted by Crippen LogP contribution is -2.33. The highest BCUT2D eigenvalue weighted by atomic mass is 16.5. The first-order valence-corrected chi connectivity index (χ1v) is 9.34. The average Bonchev–Trinajstić information content (AvgIpc) is 2.64. The van der Waals surface area contributed by atoms with Gasteiger partial charge in [-0.1, -0.05) is 30.3 Å². The highest BCUT2D eigenvalue weighted by molar-refractivity contribution is 5.38. The Balaban J connectivity index is 1.77. The maximum Gasteiger partial charge on any atom is 0.119 e. The first-order chi connectivity index (χ1) is 12.6. The van der Waals surface area contributed by atoms with Crippen molar-refractivity contribution in [1.29, 1.82) is 0 Å². The predicted octanol–water partition coefficient (Wildman–Crippen LogP) is 3.56. The van der Waals surface area contributed by atoms with Gasteiger partial charge in [-0.2, -0.15) is 0 Å². The van der Waals surface area contributed by atoms with Gasteiger partial charge in [-0.05, 0) is 54.7 Å². The van der Waals surface area contributed by atoms with Crippen LogP contribution in [0.5, 0.6) is 5.75 Å². The minimum absolute atomic E-state index is 0.0571. The fraction of sp³-hybridized carbons (Fsp3) is 0.455. The molecule has 2 N–H and O–H groups in total. The summed E-state index contributed by atoms with van der Waals surface area (Å²) in [6.45, 7) is 4.70.